The Kier molecular flexibility index (Phi) is 2.50. The molecule has 0 fully saturated rings. The van der Waals surface area contributed by atoms with Gasteiger partial charge in [-0.2, -0.15) is 0 Å². The van der Waals surface area contributed by atoms with Gasteiger partial charge in [0.2, 0.25) is 0 Å². The molecule has 0 aliphatic carbocycles. The summed E-state index contributed by atoms with van der Waals surface area (Å²) in [5, 5.41) is 23.1. The molecule has 3 rings (SSSR count). The predicted octanol–water partition coefficient (Wildman–Crippen LogP) is 2.95. The fraction of sp³-hybridized carbons (Fsp3) is 0.143. The van der Waals surface area contributed by atoms with E-state index in [-0.39, 0.29) is 5.75 Å². The Bertz CT molecular complexity index is 588. The Morgan fingerprint density at radius 1 is 1.11 bits per heavy atom. The minimum absolute atomic E-state index is 0.235. The number of fused-ring (bicyclic) bond motifs is 1. The summed E-state index contributed by atoms with van der Waals surface area (Å²) in [6.45, 7) is 0. The molecule has 94 valence electrons. The average Bonchev–Trinajstić information content (AvgIpc) is 2.64. The van der Waals surface area contributed by atoms with Crippen LogP contribution in [0, 0.1) is 0 Å². The predicted molar refractivity (Wildman–Crippen MR) is 74.2 cm³/mol. The Morgan fingerprint density at radius 3 is 2.56 bits per heavy atom. The maximum Gasteiger partial charge on any atom is 0.165 e. The zero-order valence-corrected chi connectivity index (χ0v) is 10.8. The first-order valence-electron chi connectivity index (χ1n) is 5.72. The number of hydrogen-bond acceptors (Lipinski definition) is 3. The maximum absolute atomic E-state index is 10.4. The highest BCUT2D eigenvalue weighted by Crippen LogP contribution is 2.68. The second kappa shape index (κ2) is 3.93. The fourth-order valence-corrected chi connectivity index (χ4v) is 5.10. The lowest BCUT2D eigenvalue weighted by Crippen LogP contribution is -2.19. The van der Waals surface area contributed by atoms with Crippen molar-refractivity contribution in [3.63, 3.8) is 0 Å². The molecule has 0 saturated carbocycles. The number of anilines is 1. The molecule has 1 aliphatic rings. The highest BCUT2D eigenvalue weighted by atomic mass is 32.3. The summed E-state index contributed by atoms with van der Waals surface area (Å²) in [5.74, 6) is 0.235. The van der Waals surface area contributed by atoms with Crippen molar-refractivity contribution in [3.05, 3.63) is 48.5 Å². The van der Waals surface area contributed by atoms with Crippen molar-refractivity contribution in [2.75, 3.05) is 11.6 Å². The topological polar surface area (TPSA) is 52.5 Å². The smallest absolute Gasteiger partial charge is 0.165 e. The second-order valence-electron chi connectivity index (χ2n) is 4.47. The largest absolute Gasteiger partial charge is 0.508 e. The number of phenolic OH excluding ortho intramolecular Hbond substituents is 1. The van der Waals surface area contributed by atoms with Crippen LogP contribution in [-0.4, -0.2) is 22.0 Å². The summed E-state index contributed by atoms with van der Waals surface area (Å²) in [5.41, 5.74) is 0.290. The van der Waals surface area contributed by atoms with E-state index < -0.39 is 15.6 Å². The van der Waals surface area contributed by atoms with E-state index in [2.05, 4.69) is 11.6 Å². The SMILES string of the molecule is CS1(c2ccccc2)c2cc(O)ccc2NC1O. The molecule has 0 bridgehead atoms. The van der Waals surface area contributed by atoms with E-state index in [1.165, 1.54) is 0 Å². The Hall–Kier alpha value is -1.65. The molecule has 3 nitrogen and oxygen atoms in total. The summed E-state index contributed by atoms with van der Waals surface area (Å²) in [4.78, 5) is 2.11. The highest BCUT2D eigenvalue weighted by molar-refractivity contribution is 8.34. The van der Waals surface area contributed by atoms with Crippen LogP contribution in [-0.2, 0) is 0 Å². The Labute approximate surface area is 107 Å². The van der Waals surface area contributed by atoms with Crippen molar-refractivity contribution >= 4 is 15.7 Å². The highest BCUT2D eigenvalue weighted by Gasteiger charge is 2.39. The molecule has 0 radical (unpaired) electrons. The summed E-state index contributed by atoms with van der Waals surface area (Å²) in [7, 11) is -1.56. The molecule has 0 aromatic heterocycles. The monoisotopic (exact) mass is 261 g/mol. The van der Waals surface area contributed by atoms with Crippen LogP contribution in [0.15, 0.2) is 58.3 Å². The third kappa shape index (κ3) is 1.50. The molecule has 0 amide bonds. The summed E-state index contributed by atoms with van der Waals surface area (Å²) in [6.07, 6.45) is 2.06. The van der Waals surface area contributed by atoms with Crippen LogP contribution >= 0.6 is 10.0 Å². The van der Waals surface area contributed by atoms with E-state index in [0.717, 1.165) is 15.5 Å². The number of aliphatic hydroxyl groups excluding tert-OH is 1. The van der Waals surface area contributed by atoms with Crippen molar-refractivity contribution in [3.8, 4) is 5.75 Å². The van der Waals surface area contributed by atoms with Gasteiger partial charge < -0.3 is 15.5 Å². The molecule has 1 aliphatic heterocycles. The normalized spacial score (nSPS) is 29.1. The van der Waals surface area contributed by atoms with Gasteiger partial charge in [0.15, 0.2) is 5.56 Å². The number of phenols is 1. The molecule has 18 heavy (non-hydrogen) atoms. The van der Waals surface area contributed by atoms with Gasteiger partial charge in [-0.15, -0.1) is 10.0 Å². The molecule has 0 saturated heterocycles. The molecule has 2 unspecified atom stereocenters. The van der Waals surface area contributed by atoms with Crippen LogP contribution in [0.2, 0.25) is 0 Å². The first kappa shape index (κ1) is 11.4. The van der Waals surface area contributed by atoms with Crippen molar-refractivity contribution in [2.24, 2.45) is 0 Å². The van der Waals surface area contributed by atoms with Gasteiger partial charge >= 0.3 is 0 Å². The van der Waals surface area contributed by atoms with Crippen molar-refractivity contribution in [2.45, 2.75) is 15.4 Å². The number of rotatable bonds is 1. The van der Waals surface area contributed by atoms with E-state index in [0.29, 0.717) is 0 Å². The lowest BCUT2D eigenvalue weighted by molar-refractivity contribution is 0.290. The van der Waals surface area contributed by atoms with E-state index in [1.807, 2.05) is 36.4 Å². The summed E-state index contributed by atoms with van der Waals surface area (Å²) >= 11 is 0. The van der Waals surface area contributed by atoms with E-state index in [9.17, 15) is 10.2 Å². The van der Waals surface area contributed by atoms with Gasteiger partial charge in [0, 0.05) is 10.6 Å². The Morgan fingerprint density at radius 2 is 1.83 bits per heavy atom. The van der Waals surface area contributed by atoms with Crippen LogP contribution in [0.5, 0.6) is 5.75 Å². The number of hydrogen-bond donors (Lipinski definition) is 3. The molecule has 0 spiro atoms. The second-order valence-corrected chi connectivity index (χ2v) is 7.79. The van der Waals surface area contributed by atoms with E-state index in [4.69, 9.17) is 0 Å². The first-order chi connectivity index (χ1) is 8.62. The van der Waals surface area contributed by atoms with Gasteiger partial charge in [-0.1, -0.05) is 18.2 Å². The molecule has 2 aromatic carbocycles. The number of nitrogens with one attached hydrogen (secondary N) is 1. The van der Waals surface area contributed by atoms with Crippen LogP contribution in [0.1, 0.15) is 0 Å². The molecule has 3 N–H and O–H groups in total. The lowest BCUT2D eigenvalue weighted by atomic mass is 10.3. The van der Waals surface area contributed by atoms with Crippen molar-refractivity contribution in [1.82, 2.24) is 0 Å². The Balaban J connectivity index is 2.21. The van der Waals surface area contributed by atoms with Gasteiger partial charge in [-0.3, -0.25) is 0 Å². The molecule has 4 heteroatoms. The maximum atomic E-state index is 10.4. The van der Waals surface area contributed by atoms with Gasteiger partial charge in [0.25, 0.3) is 0 Å². The average molecular weight is 261 g/mol. The number of benzene rings is 2. The van der Waals surface area contributed by atoms with Crippen LogP contribution in [0.4, 0.5) is 5.69 Å². The molecule has 1 heterocycles. The number of aliphatic hydroxyl groups is 1. The van der Waals surface area contributed by atoms with Crippen molar-refractivity contribution < 1.29 is 10.2 Å². The quantitative estimate of drug-likeness (QED) is 0.692. The van der Waals surface area contributed by atoms with E-state index >= 15 is 0 Å². The van der Waals surface area contributed by atoms with Gasteiger partial charge in [-0.05, 0) is 41.5 Å². The zero-order valence-electron chi connectivity index (χ0n) is 10.00. The molecule has 2 atom stereocenters. The van der Waals surface area contributed by atoms with E-state index in [1.54, 1.807) is 12.1 Å². The molecule has 2 aromatic rings. The molecular weight excluding hydrogens is 246 g/mol. The van der Waals surface area contributed by atoms with Crippen LogP contribution in [0.25, 0.3) is 0 Å². The first-order valence-corrected chi connectivity index (χ1v) is 7.83. The van der Waals surface area contributed by atoms with Crippen molar-refractivity contribution in [1.29, 1.82) is 0 Å². The summed E-state index contributed by atoms with van der Waals surface area (Å²) in [6, 6.07) is 15.2. The lowest BCUT2D eigenvalue weighted by Gasteiger charge is -2.35. The molecular formula is C14H15NO2S. The third-order valence-electron chi connectivity index (χ3n) is 3.38. The van der Waals surface area contributed by atoms with Gasteiger partial charge in [0.1, 0.15) is 5.75 Å². The third-order valence-corrected chi connectivity index (χ3v) is 6.89. The standard InChI is InChI=1S/C14H15NO2S/c1-18(11-5-3-2-4-6-11)13-9-10(16)7-8-12(13)15-14(18)17/h2-9,14-17H,1H3. The number of aromatic hydroxyl groups is 1. The fourth-order valence-electron chi connectivity index (χ4n) is 2.31. The minimum atomic E-state index is -1.56. The zero-order chi connectivity index (χ0) is 12.8. The van der Waals surface area contributed by atoms with Gasteiger partial charge in [-0.25, -0.2) is 0 Å². The van der Waals surface area contributed by atoms with Crippen LogP contribution in [0.3, 0.4) is 0 Å². The van der Waals surface area contributed by atoms with Crippen LogP contribution < -0.4 is 5.32 Å². The summed E-state index contributed by atoms with van der Waals surface area (Å²) < 4.78 is 0. The van der Waals surface area contributed by atoms with Gasteiger partial charge in [0.05, 0.1) is 0 Å². The minimum Gasteiger partial charge on any atom is -0.508 e.